The van der Waals surface area contributed by atoms with Crippen LogP contribution in [0, 0.1) is 0 Å². The molecule has 2 rings (SSSR count). The first kappa shape index (κ1) is 14.9. The molecule has 0 atom stereocenters. The summed E-state index contributed by atoms with van der Waals surface area (Å²) < 4.78 is 48.8. The van der Waals surface area contributed by atoms with Crippen molar-refractivity contribution in [1.82, 2.24) is 9.97 Å². The maximum atomic E-state index is 12.8. The Morgan fingerprint density at radius 1 is 1.05 bits per heavy atom. The minimum absolute atomic E-state index is 0.0240. The van der Waals surface area contributed by atoms with E-state index in [1.165, 1.54) is 14.2 Å². The Morgan fingerprint density at radius 2 is 1.62 bits per heavy atom. The molecule has 5 nitrogen and oxygen atoms in total. The number of ether oxygens (including phenoxy) is 2. The third-order valence-electron chi connectivity index (χ3n) is 2.72. The van der Waals surface area contributed by atoms with Crippen molar-refractivity contribution in [3.63, 3.8) is 0 Å². The number of rotatable bonds is 3. The summed E-state index contributed by atoms with van der Waals surface area (Å²) >= 11 is 0. The van der Waals surface area contributed by atoms with Crippen LogP contribution in [0.5, 0.6) is 11.5 Å². The number of methoxy groups -OCH3 is 2. The highest BCUT2D eigenvalue weighted by Crippen LogP contribution is 2.39. The molecule has 0 amide bonds. The van der Waals surface area contributed by atoms with E-state index in [0.29, 0.717) is 11.5 Å². The predicted molar refractivity (Wildman–Crippen MR) is 70.0 cm³/mol. The maximum absolute atomic E-state index is 12.8. The van der Waals surface area contributed by atoms with Crippen LogP contribution in [-0.4, -0.2) is 24.2 Å². The predicted octanol–water partition coefficient (Wildman–Crippen LogP) is 2.76. The zero-order chi connectivity index (χ0) is 15.6. The molecule has 0 fully saturated rings. The molecule has 112 valence electrons. The van der Waals surface area contributed by atoms with Crippen molar-refractivity contribution in [3.05, 3.63) is 30.0 Å². The molecule has 0 radical (unpaired) electrons. The van der Waals surface area contributed by atoms with Crippen LogP contribution < -0.4 is 15.2 Å². The van der Waals surface area contributed by atoms with E-state index in [4.69, 9.17) is 15.2 Å². The van der Waals surface area contributed by atoms with Crippen molar-refractivity contribution in [2.24, 2.45) is 0 Å². The maximum Gasteiger partial charge on any atom is 0.433 e. The standard InChI is InChI=1S/C13H12F3N3O2/c1-20-8-4-3-5-9(21-2)11(8)7-6-10(13(14,15)16)19-12(17)18-7/h3-6H,1-2H3,(H2,17,18,19). The normalized spacial score (nSPS) is 11.3. The Balaban J connectivity index is 2.70. The number of nitrogen functional groups attached to an aromatic ring is 1. The third kappa shape index (κ3) is 2.99. The van der Waals surface area contributed by atoms with Gasteiger partial charge in [-0.15, -0.1) is 0 Å². The fraction of sp³-hybridized carbons (Fsp3) is 0.231. The molecule has 0 unspecified atom stereocenters. The number of hydrogen-bond acceptors (Lipinski definition) is 5. The van der Waals surface area contributed by atoms with Crippen molar-refractivity contribution in [2.75, 3.05) is 20.0 Å². The second kappa shape index (κ2) is 5.47. The van der Waals surface area contributed by atoms with Gasteiger partial charge in [-0.1, -0.05) is 6.07 Å². The Bertz CT molecular complexity index is 637. The van der Waals surface area contributed by atoms with Crippen LogP contribution in [0.25, 0.3) is 11.3 Å². The fourth-order valence-corrected chi connectivity index (χ4v) is 1.84. The van der Waals surface area contributed by atoms with Gasteiger partial charge in [0, 0.05) is 0 Å². The quantitative estimate of drug-likeness (QED) is 0.943. The molecule has 21 heavy (non-hydrogen) atoms. The van der Waals surface area contributed by atoms with Crippen LogP contribution >= 0.6 is 0 Å². The molecule has 0 saturated heterocycles. The minimum atomic E-state index is -4.62. The molecule has 1 heterocycles. The van der Waals surface area contributed by atoms with Crippen LogP contribution in [0.15, 0.2) is 24.3 Å². The number of nitrogens with zero attached hydrogens (tertiary/aromatic N) is 2. The Labute approximate surface area is 118 Å². The summed E-state index contributed by atoms with van der Waals surface area (Å²) in [7, 11) is 2.79. The van der Waals surface area contributed by atoms with Crippen molar-refractivity contribution >= 4 is 5.95 Å². The van der Waals surface area contributed by atoms with Gasteiger partial charge in [0.2, 0.25) is 5.95 Å². The molecule has 0 aliphatic rings. The van der Waals surface area contributed by atoms with Crippen LogP contribution in [0.2, 0.25) is 0 Å². The topological polar surface area (TPSA) is 70.3 Å². The lowest BCUT2D eigenvalue weighted by Crippen LogP contribution is -2.11. The van der Waals surface area contributed by atoms with Crippen LogP contribution in [0.3, 0.4) is 0 Å². The third-order valence-corrected chi connectivity index (χ3v) is 2.72. The fourth-order valence-electron chi connectivity index (χ4n) is 1.84. The smallest absolute Gasteiger partial charge is 0.433 e. The van der Waals surface area contributed by atoms with E-state index in [1.807, 2.05) is 0 Å². The first-order valence-corrected chi connectivity index (χ1v) is 5.80. The first-order chi connectivity index (χ1) is 9.86. The summed E-state index contributed by atoms with van der Waals surface area (Å²) in [4.78, 5) is 7.04. The molecule has 0 saturated carbocycles. The average molecular weight is 299 g/mol. The zero-order valence-corrected chi connectivity index (χ0v) is 11.2. The second-order valence-electron chi connectivity index (χ2n) is 4.03. The molecule has 0 bridgehead atoms. The van der Waals surface area contributed by atoms with Gasteiger partial charge < -0.3 is 15.2 Å². The van der Waals surface area contributed by atoms with Crippen LogP contribution in [0.1, 0.15) is 5.69 Å². The lowest BCUT2D eigenvalue weighted by atomic mass is 10.1. The number of anilines is 1. The largest absolute Gasteiger partial charge is 0.496 e. The molecular weight excluding hydrogens is 287 g/mol. The highest BCUT2D eigenvalue weighted by molar-refractivity contribution is 5.75. The van der Waals surface area contributed by atoms with E-state index in [-0.39, 0.29) is 11.3 Å². The lowest BCUT2D eigenvalue weighted by molar-refractivity contribution is -0.141. The number of halogens is 3. The Kier molecular flexibility index (Phi) is 3.88. The summed E-state index contributed by atoms with van der Waals surface area (Å²) in [5, 5.41) is 0. The number of alkyl halides is 3. The van der Waals surface area contributed by atoms with Gasteiger partial charge in [0.05, 0.1) is 25.5 Å². The molecule has 8 heteroatoms. The van der Waals surface area contributed by atoms with Gasteiger partial charge in [0.25, 0.3) is 0 Å². The second-order valence-corrected chi connectivity index (χ2v) is 4.03. The van der Waals surface area contributed by atoms with Gasteiger partial charge >= 0.3 is 6.18 Å². The Hall–Kier alpha value is -2.51. The molecular formula is C13H12F3N3O2. The van der Waals surface area contributed by atoms with E-state index in [9.17, 15) is 13.2 Å². The zero-order valence-electron chi connectivity index (χ0n) is 11.2. The molecule has 0 spiro atoms. The van der Waals surface area contributed by atoms with E-state index >= 15 is 0 Å². The van der Waals surface area contributed by atoms with Crippen LogP contribution in [-0.2, 0) is 6.18 Å². The monoisotopic (exact) mass is 299 g/mol. The van der Waals surface area contributed by atoms with Crippen molar-refractivity contribution in [2.45, 2.75) is 6.18 Å². The summed E-state index contributed by atoms with van der Waals surface area (Å²) in [5.41, 5.74) is 4.50. The minimum Gasteiger partial charge on any atom is -0.496 e. The number of aromatic nitrogens is 2. The van der Waals surface area contributed by atoms with E-state index in [0.717, 1.165) is 6.07 Å². The molecule has 2 N–H and O–H groups in total. The first-order valence-electron chi connectivity index (χ1n) is 5.80. The summed E-state index contributed by atoms with van der Waals surface area (Å²) in [6.45, 7) is 0. The summed E-state index contributed by atoms with van der Waals surface area (Å²) in [6, 6.07) is 5.62. The summed E-state index contributed by atoms with van der Waals surface area (Å²) in [6.07, 6.45) is -4.62. The summed E-state index contributed by atoms with van der Waals surface area (Å²) in [5.74, 6) is 0.161. The Morgan fingerprint density at radius 3 is 2.10 bits per heavy atom. The van der Waals surface area contributed by atoms with Crippen molar-refractivity contribution in [1.29, 1.82) is 0 Å². The lowest BCUT2D eigenvalue weighted by Gasteiger charge is -2.14. The van der Waals surface area contributed by atoms with Crippen molar-refractivity contribution < 1.29 is 22.6 Å². The van der Waals surface area contributed by atoms with Gasteiger partial charge in [-0.25, -0.2) is 9.97 Å². The number of hydrogen-bond donors (Lipinski definition) is 1. The van der Waals surface area contributed by atoms with Gasteiger partial charge in [0.15, 0.2) is 5.69 Å². The van der Waals surface area contributed by atoms with E-state index in [2.05, 4.69) is 9.97 Å². The highest BCUT2D eigenvalue weighted by Gasteiger charge is 2.34. The van der Waals surface area contributed by atoms with Gasteiger partial charge in [-0.2, -0.15) is 13.2 Å². The number of benzene rings is 1. The average Bonchev–Trinajstić information content (AvgIpc) is 2.44. The van der Waals surface area contributed by atoms with Gasteiger partial charge in [-0.3, -0.25) is 0 Å². The number of nitrogens with two attached hydrogens (primary N) is 1. The van der Waals surface area contributed by atoms with Crippen LogP contribution in [0.4, 0.5) is 19.1 Å². The molecule has 1 aromatic carbocycles. The molecule has 0 aliphatic carbocycles. The van der Waals surface area contributed by atoms with E-state index in [1.54, 1.807) is 18.2 Å². The SMILES string of the molecule is COc1cccc(OC)c1-c1cc(C(F)(F)F)nc(N)n1. The van der Waals surface area contributed by atoms with Crippen molar-refractivity contribution in [3.8, 4) is 22.8 Å². The molecule has 1 aromatic heterocycles. The highest BCUT2D eigenvalue weighted by atomic mass is 19.4. The molecule has 2 aromatic rings. The molecule has 0 aliphatic heterocycles. The van der Waals surface area contributed by atoms with Gasteiger partial charge in [-0.05, 0) is 18.2 Å². The van der Waals surface area contributed by atoms with Gasteiger partial charge in [0.1, 0.15) is 11.5 Å². The van der Waals surface area contributed by atoms with E-state index < -0.39 is 17.8 Å².